The van der Waals surface area contributed by atoms with Crippen LogP contribution in [0.5, 0.6) is 0 Å². The second-order valence-corrected chi connectivity index (χ2v) is 7.99. The van der Waals surface area contributed by atoms with Crippen LogP contribution in [0.4, 0.5) is 0 Å². The van der Waals surface area contributed by atoms with Crippen molar-refractivity contribution in [2.75, 3.05) is 33.2 Å². The molecule has 1 heterocycles. The first-order valence-electron chi connectivity index (χ1n) is 8.57. The third kappa shape index (κ3) is 5.58. The predicted octanol–water partition coefficient (Wildman–Crippen LogP) is 1.59. The van der Waals surface area contributed by atoms with Crippen LogP contribution in [-0.2, 0) is 10.0 Å². The average Bonchev–Trinajstić information content (AvgIpc) is 2.87. The normalized spacial score (nSPS) is 16.5. The number of hydrogen-bond donors (Lipinski definition) is 2. The largest absolute Gasteiger partial charge is 0.352 e. The fourth-order valence-electron chi connectivity index (χ4n) is 2.89. The Morgan fingerprint density at radius 1 is 1.17 bits per heavy atom. The lowest BCUT2D eigenvalue weighted by atomic mass is 10.2. The van der Waals surface area contributed by atoms with E-state index in [4.69, 9.17) is 0 Å². The standard InChI is InChI=1S/C17H27N3O3S/c1-18-24(22,23)16-9-6-8-15(14-16)17(21)19-10-7-13-20-11-4-2-3-5-12-20/h6,8-9,14,18H,2-5,7,10-13H2,1H3,(H,19,21). The van der Waals surface area contributed by atoms with Crippen molar-refractivity contribution < 1.29 is 13.2 Å². The van der Waals surface area contributed by atoms with Gasteiger partial charge < -0.3 is 10.2 Å². The molecule has 6 nitrogen and oxygen atoms in total. The molecular formula is C17H27N3O3S. The monoisotopic (exact) mass is 353 g/mol. The third-order valence-corrected chi connectivity index (χ3v) is 5.72. The molecule has 1 aliphatic heterocycles. The van der Waals surface area contributed by atoms with E-state index >= 15 is 0 Å². The first-order valence-corrected chi connectivity index (χ1v) is 10.1. The summed E-state index contributed by atoms with van der Waals surface area (Å²) in [5, 5.41) is 2.87. The van der Waals surface area contributed by atoms with E-state index in [2.05, 4.69) is 14.9 Å². The molecule has 0 unspecified atom stereocenters. The van der Waals surface area contributed by atoms with E-state index in [1.807, 2.05) is 0 Å². The lowest BCUT2D eigenvalue weighted by molar-refractivity contribution is 0.0951. The number of amides is 1. The van der Waals surface area contributed by atoms with E-state index < -0.39 is 10.0 Å². The van der Waals surface area contributed by atoms with Gasteiger partial charge in [-0.1, -0.05) is 18.9 Å². The molecule has 2 rings (SSSR count). The van der Waals surface area contributed by atoms with Crippen molar-refractivity contribution in [1.82, 2.24) is 14.9 Å². The molecule has 0 aromatic heterocycles. The Morgan fingerprint density at radius 3 is 2.54 bits per heavy atom. The molecular weight excluding hydrogens is 326 g/mol. The lowest BCUT2D eigenvalue weighted by Crippen LogP contribution is -2.30. The molecule has 1 amide bonds. The van der Waals surface area contributed by atoms with E-state index in [1.165, 1.54) is 44.9 Å². The minimum atomic E-state index is -3.53. The summed E-state index contributed by atoms with van der Waals surface area (Å²) < 4.78 is 25.8. The molecule has 2 N–H and O–H groups in total. The van der Waals surface area contributed by atoms with Crippen molar-refractivity contribution in [2.45, 2.75) is 37.0 Å². The van der Waals surface area contributed by atoms with E-state index in [0.29, 0.717) is 12.1 Å². The van der Waals surface area contributed by atoms with Gasteiger partial charge in [-0.15, -0.1) is 0 Å². The molecule has 0 saturated carbocycles. The Morgan fingerprint density at radius 2 is 1.88 bits per heavy atom. The quantitative estimate of drug-likeness (QED) is 0.730. The number of carbonyl (C=O) groups is 1. The van der Waals surface area contributed by atoms with Crippen LogP contribution in [0.15, 0.2) is 29.2 Å². The molecule has 1 aromatic rings. The second kappa shape index (κ2) is 9.15. The topological polar surface area (TPSA) is 78.5 Å². The maximum Gasteiger partial charge on any atom is 0.251 e. The molecule has 7 heteroatoms. The molecule has 1 aliphatic rings. The van der Waals surface area contributed by atoms with E-state index in [-0.39, 0.29) is 10.8 Å². The molecule has 0 radical (unpaired) electrons. The predicted molar refractivity (Wildman–Crippen MR) is 94.5 cm³/mol. The van der Waals surface area contributed by atoms with E-state index in [0.717, 1.165) is 26.1 Å². The van der Waals surface area contributed by atoms with Crippen LogP contribution in [0.1, 0.15) is 42.5 Å². The van der Waals surface area contributed by atoms with Crippen molar-refractivity contribution in [1.29, 1.82) is 0 Å². The number of sulfonamides is 1. The third-order valence-electron chi connectivity index (χ3n) is 4.31. The molecule has 1 saturated heterocycles. The summed E-state index contributed by atoms with van der Waals surface area (Å²) >= 11 is 0. The summed E-state index contributed by atoms with van der Waals surface area (Å²) in [6.45, 7) is 3.89. The molecule has 134 valence electrons. The number of nitrogens with one attached hydrogen (secondary N) is 2. The van der Waals surface area contributed by atoms with Gasteiger partial charge >= 0.3 is 0 Å². The maximum absolute atomic E-state index is 12.2. The fourth-order valence-corrected chi connectivity index (χ4v) is 3.66. The first kappa shape index (κ1) is 18.9. The van der Waals surface area contributed by atoms with Crippen molar-refractivity contribution in [3.8, 4) is 0 Å². The highest BCUT2D eigenvalue weighted by molar-refractivity contribution is 7.89. The lowest BCUT2D eigenvalue weighted by Gasteiger charge is -2.19. The SMILES string of the molecule is CNS(=O)(=O)c1cccc(C(=O)NCCCN2CCCCCC2)c1. The molecule has 0 atom stereocenters. The molecule has 0 spiro atoms. The Bertz CT molecular complexity index is 638. The highest BCUT2D eigenvalue weighted by atomic mass is 32.2. The molecule has 0 bridgehead atoms. The van der Waals surface area contributed by atoms with Gasteiger partial charge in [-0.25, -0.2) is 13.1 Å². The Balaban J connectivity index is 1.81. The summed E-state index contributed by atoms with van der Waals surface area (Å²) in [7, 11) is -2.18. The molecule has 24 heavy (non-hydrogen) atoms. The maximum atomic E-state index is 12.2. The number of benzene rings is 1. The number of likely N-dealkylation sites (tertiary alicyclic amines) is 1. The smallest absolute Gasteiger partial charge is 0.251 e. The minimum absolute atomic E-state index is 0.0993. The van der Waals surface area contributed by atoms with Crippen molar-refractivity contribution in [3.05, 3.63) is 29.8 Å². The zero-order chi connectivity index (χ0) is 17.4. The van der Waals surface area contributed by atoms with Gasteiger partial charge in [-0.2, -0.15) is 0 Å². The highest BCUT2D eigenvalue weighted by Gasteiger charge is 2.14. The number of rotatable bonds is 7. The summed E-state index contributed by atoms with van der Waals surface area (Å²) in [5.74, 6) is -0.237. The van der Waals surface area contributed by atoms with Crippen LogP contribution in [0.25, 0.3) is 0 Å². The van der Waals surface area contributed by atoms with Gasteiger partial charge in [0.05, 0.1) is 4.90 Å². The zero-order valence-corrected chi connectivity index (χ0v) is 15.1. The van der Waals surface area contributed by atoms with E-state index in [1.54, 1.807) is 12.1 Å². The van der Waals surface area contributed by atoms with Crippen LogP contribution < -0.4 is 10.0 Å². The van der Waals surface area contributed by atoms with Crippen LogP contribution in [-0.4, -0.2) is 52.5 Å². The van der Waals surface area contributed by atoms with E-state index in [9.17, 15) is 13.2 Å². The Hall–Kier alpha value is -1.44. The van der Waals surface area contributed by atoms with Crippen molar-refractivity contribution in [3.63, 3.8) is 0 Å². The zero-order valence-electron chi connectivity index (χ0n) is 14.3. The second-order valence-electron chi connectivity index (χ2n) is 6.10. The van der Waals surface area contributed by atoms with Gasteiger partial charge in [-0.05, 0) is 64.1 Å². The Labute approximate surface area is 144 Å². The average molecular weight is 353 g/mol. The van der Waals surface area contributed by atoms with Crippen LogP contribution in [0, 0.1) is 0 Å². The van der Waals surface area contributed by atoms with Gasteiger partial charge in [0.2, 0.25) is 10.0 Å². The van der Waals surface area contributed by atoms with Gasteiger partial charge in [-0.3, -0.25) is 4.79 Å². The Kier molecular flexibility index (Phi) is 7.20. The number of carbonyl (C=O) groups excluding carboxylic acids is 1. The van der Waals surface area contributed by atoms with Gasteiger partial charge in [0, 0.05) is 12.1 Å². The number of nitrogens with zero attached hydrogens (tertiary/aromatic N) is 1. The highest BCUT2D eigenvalue weighted by Crippen LogP contribution is 2.11. The number of hydrogen-bond acceptors (Lipinski definition) is 4. The van der Waals surface area contributed by atoms with Crippen LogP contribution in [0.2, 0.25) is 0 Å². The van der Waals surface area contributed by atoms with Gasteiger partial charge in [0.1, 0.15) is 0 Å². The van der Waals surface area contributed by atoms with Crippen LogP contribution in [0.3, 0.4) is 0 Å². The molecule has 1 aromatic carbocycles. The van der Waals surface area contributed by atoms with Gasteiger partial charge in [0.25, 0.3) is 5.91 Å². The summed E-state index contributed by atoms with van der Waals surface area (Å²) in [4.78, 5) is 14.7. The summed E-state index contributed by atoms with van der Waals surface area (Å²) in [5.41, 5.74) is 0.362. The summed E-state index contributed by atoms with van der Waals surface area (Å²) in [6.07, 6.45) is 6.07. The summed E-state index contributed by atoms with van der Waals surface area (Å²) in [6, 6.07) is 6.08. The molecule has 1 fully saturated rings. The van der Waals surface area contributed by atoms with Crippen molar-refractivity contribution >= 4 is 15.9 Å². The molecule has 0 aliphatic carbocycles. The first-order chi connectivity index (χ1) is 11.5. The fraction of sp³-hybridized carbons (Fsp3) is 0.588. The van der Waals surface area contributed by atoms with Crippen molar-refractivity contribution in [2.24, 2.45) is 0 Å². The minimum Gasteiger partial charge on any atom is -0.352 e. The van der Waals surface area contributed by atoms with Crippen LogP contribution >= 0.6 is 0 Å². The van der Waals surface area contributed by atoms with Gasteiger partial charge in [0.15, 0.2) is 0 Å².